The molecule has 3 fully saturated rings. The number of hydrogen-bond acceptors (Lipinski definition) is 16. The molecule has 17 heteroatoms. The summed E-state index contributed by atoms with van der Waals surface area (Å²) in [5.74, 6) is -7.54. The predicted molar refractivity (Wildman–Crippen MR) is 215 cm³/mol. The largest absolute Gasteiger partial charge is 0.454 e. The summed E-state index contributed by atoms with van der Waals surface area (Å²) in [6, 6.07) is 6.56. The molecule has 2 aliphatic heterocycles. The molecule has 5 aliphatic rings. The third-order valence-corrected chi connectivity index (χ3v) is 12.9. The van der Waals surface area contributed by atoms with Crippen molar-refractivity contribution in [3.05, 3.63) is 58.7 Å². The van der Waals surface area contributed by atoms with Crippen molar-refractivity contribution in [2.24, 2.45) is 22.7 Å². The molecule has 6 rings (SSSR count). The van der Waals surface area contributed by atoms with Gasteiger partial charge in [-0.2, -0.15) is 0 Å². The van der Waals surface area contributed by atoms with Crippen LogP contribution in [0.3, 0.4) is 0 Å². The number of benzene rings is 1. The number of aliphatic hydroxyl groups is 2. The Kier molecular flexibility index (Phi) is 12.1. The number of ether oxygens (including phenoxy) is 7. The molecule has 17 nitrogen and oxygen atoms in total. The van der Waals surface area contributed by atoms with E-state index < -0.39 is 118 Å². The van der Waals surface area contributed by atoms with Crippen LogP contribution in [0.4, 0.5) is 4.79 Å². The monoisotopic (exact) mass is 867 g/mol. The van der Waals surface area contributed by atoms with Crippen LogP contribution in [-0.2, 0) is 57.1 Å². The highest BCUT2D eigenvalue weighted by Gasteiger charge is 2.81. The Hall–Kier alpha value is -5.13. The van der Waals surface area contributed by atoms with E-state index in [0.717, 1.165) is 19.9 Å². The van der Waals surface area contributed by atoms with E-state index in [9.17, 15) is 39.0 Å². The van der Waals surface area contributed by atoms with Crippen LogP contribution in [0, 0.1) is 22.7 Å². The van der Waals surface area contributed by atoms with E-state index in [-0.39, 0.29) is 47.6 Å². The Bertz CT molecular complexity index is 2100. The van der Waals surface area contributed by atoms with E-state index in [4.69, 9.17) is 33.2 Å². The van der Waals surface area contributed by atoms with E-state index in [0.29, 0.717) is 0 Å². The van der Waals surface area contributed by atoms with Gasteiger partial charge in [0, 0.05) is 37.3 Å². The van der Waals surface area contributed by atoms with Gasteiger partial charge in [-0.1, -0.05) is 45.9 Å². The summed E-state index contributed by atoms with van der Waals surface area (Å²) in [6.07, 6.45) is -10.0. The van der Waals surface area contributed by atoms with Crippen LogP contribution in [0.1, 0.15) is 99.4 Å². The second-order valence-corrected chi connectivity index (χ2v) is 19.0. The highest BCUT2D eigenvalue weighted by molar-refractivity contribution is 5.97. The van der Waals surface area contributed by atoms with E-state index in [1.165, 1.54) is 26.0 Å². The van der Waals surface area contributed by atoms with Crippen molar-refractivity contribution in [3.63, 3.8) is 0 Å². The van der Waals surface area contributed by atoms with E-state index >= 15 is 4.79 Å². The van der Waals surface area contributed by atoms with Crippen LogP contribution in [0.5, 0.6) is 0 Å². The molecule has 0 aromatic heterocycles. The Labute approximate surface area is 359 Å². The standard InChI is InChI=1S/C45H57NO16/c1-21(2)17-27(46-40(55)62-41(6,7)8)32(51)39(54)58-33-22(3)31-34(57-23(4)47)36(52)43(11)28(49)19-29-44(20-56-29,60-24(5)48)35(43)37(59-38(53)25-15-13-12-14-16-25)45(42(31,9)10)26(33)18-30(50)61-45/h12-16,18,21,27-29,32-35,37,49,51H,17,19-20H2,1-11H3,(H,46,55)/t27-,28-,29+,32+,33+,34+,35-,37-,43+,44-,45+/m0/s1. The number of carbonyl (C=O) groups excluding carboxylic acids is 7. The molecular weight excluding hydrogens is 810 g/mol. The summed E-state index contributed by atoms with van der Waals surface area (Å²) >= 11 is 0. The molecule has 1 spiro atoms. The summed E-state index contributed by atoms with van der Waals surface area (Å²) in [6.45, 7) is 16.5. The lowest BCUT2D eigenvalue weighted by Crippen LogP contribution is -2.82. The molecule has 0 unspecified atom stereocenters. The van der Waals surface area contributed by atoms with Gasteiger partial charge in [-0.05, 0) is 70.2 Å². The topological polar surface area (TPSA) is 237 Å². The van der Waals surface area contributed by atoms with Gasteiger partial charge in [0.05, 0.1) is 35.6 Å². The molecule has 0 radical (unpaired) electrons. The van der Waals surface area contributed by atoms with Crippen molar-refractivity contribution < 1.29 is 76.9 Å². The van der Waals surface area contributed by atoms with Gasteiger partial charge in [-0.3, -0.25) is 14.4 Å². The highest BCUT2D eigenvalue weighted by Crippen LogP contribution is 2.67. The number of carbonyl (C=O) groups is 7. The van der Waals surface area contributed by atoms with Crippen LogP contribution in [0.15, 0.2) is 53.1 Å². The minimum Gasteiger partial charge on any atom is -0.454 e. The lowest BCUT2D eigenvalue weighted by molar-refractivity contribution is -0.342. The zero-order valence-corrected chi connectivity index (χ0v) is 36.9. The van der Waals surface area contributed by atoms with Gasteiger partial charge in [0.2, 0.25) is 0 Å². The number of Topliss-reactive ketones (excluding diaryl/α,β-unsaturated/α-hetero) is 1. The predicted octanol–water partition coefficient (Wildman–Crippen LogP) is 3.60. The van der Waals surface area contributed by atoms with E-state index in [1.54, 1.807) is 52.8 Å². The first-order valence-corrected chi connectivity index (χ1v) is 20.7. The SMILES string of the molecule is CC(=O)O[C@H]1C(=O)[C@@]2(C)[C@H]([C@H](OC(=O)c3ccccc3)[C@]34OC(=O)C=C3[C@H](OC(=O)[C@H](O)[C@H](CC(C)C)NC(=O)OC(C)(C)C)C(C)=C1C4(C)C)[C@]1(OC(C)=O)CO[C@@H]1C[C@@H]2O. The molecule has 1 saturated heterocycles. The second-order valence-electron chi connectivity index (χ2n) is 19.0. The number of nitrogens with one attached hydrogen (secondary N) is 1. The number of fused-ring (bicyclic) bond motifs is 4. The van der Waals surface area contributed by atoms with Gasteiger partial charge in [-0.25, -0.2) is 19.2 Å². The summed E-state index contributed by atoms with van der Waals surface area (Å²) < 4.78 is 42.5. The van der Waals surface area contributed by atoms with Crippen molar-refractivity contribution in [2.75, 3.05) is 6.61 Å². The first kappa shape index (κ1) is 46.4. The molecule has 2 bridgehead atoms. The molecule has 2 saturated carbocycles. The van der Waals surface area contributed by atoms with Crippen LogP contribution in [0.25, 0.3) is 0 Å². The van der Waals surface area contributed by atoms with Crippen LogP contribution < -0.4 is 5.32 Å². The molecule has 338 valence electrons. The number of aliphatic hydroxyl groups excluding tert-OH is 2. The van der Waals surface area contributed by atoms with Gasteiger partial charge in [0.15, 0.2) is 35.3 Å². The van der Waals surface area contributed by atoms with Gasteiger partial charge in [0.1, 0.15) is 17.8 Å². The highest BCUT2D eigenvalue weighted by atomic mass is 16.6. The molecule has 3 aliphatic carbocycles. The molecular formula is C45H57NO16. The van der Waals surface area contributed by atoms with Crippen LogP contribution in [0.2, 0.25) is 0 Å². The third kappa shape index (κ3) is 7.59. The van der Waals surface area contributed by atoms with Crippen LogP contribution in [-0.4, -0.2) is 118 Å². The lowest BCUT2D eigenvalue weighted by Gasteiger charge is -2.67. The Balaban J connectivity index is 1.62. The van der Waals surface area contributed by atoms with Crippen LogP contribution >= 0.6 is 0 Å². The number of alkyl carbamates (subject to hydrolysis) is 1. The number of ketones is 1. The average molecular weight is 868 g/mol. The molecule has 2 heterocycles. The molecule has 1 aromatic rings. The Morgan fingerprint density at radius 1 is 0.952 bits per heavy atom. The van der Waals surface area contributed by atoms with E-state index in [1.807, 2.05) is 13.8 Å². The number of hydrogen-bond donors (Lipinski definition) is 3. The summed E-state index contributed by atoms with van der Waals surface area (Å²) in [5, 5.41) is 26.4. The van der Waals surface area contributed by atoms with Crippen molar-refractivity contribution in [1.29, 1.82) is 0 Å². The average Bonchev–Trinajstić information content (AvgIpc) is 3.52. The van der Waals surface area contributed by atoms with Gasteiger partial charge >= 0.3 is 35.9 Å². The normalized spacial score (nSPS) is 33.0. The molecule has 11 atom stereocenters. The molecule has 3 N–H and O–H groups in total. The zero-order valence-electron chi connectivity index (χ0n) is 36.9. The first-order chi connectivity index (χ1) is 28.7. The van der Waals surface area contributed by atoms with Gasteiger partial charge < -0.3 is 48.7 Å². The maximum atomic E-state index is 15.6. The number of esters is 5. The van der Waals surface area contributed by atoms with Crippen molar-refractivity contribution in [3.8, 4) is 0 Å². The smallest absolute Gasteiger partial charge is 0.407 e. The third-order valence-electron chi connectivity index (χ3n) is 12.9. The van der Waals surface area contributed by atoms with Gasteiger partial charge in [0.25, 0.3) is 0 Å². The Morgan fingerprint density at radius 3 is 2.15 bits per heavy atom. The summed E-state index contributed by atoms with van der Waals surface area (Å²) in [5.41, 5.74) is -8.75. The summed E-state index contributed by atoms with van der Waals surface area (Å²) in [4.78, 5) is 97.6. The zero-order chi connectivity index (χ0) is 46.1. The molecule has 1 aromatic carbocycles. The van der Waals surface area contributed by atoms with Crippen molar-refractivity contribution in [2.45, 2.75) is 148 Å². The maximum Gasteiger partial charge on any atom is 0.407 e. The second kappa shape index (κ2) is 16.2. The Morgan fingerprint density at radius 2 is 1.60 bits per heavy atom. The maximum absolute atomic E-state index is 15.6. The first-order valence-electron chi connectivity index (χ1n) is 20.7. The number of amides is 1. The molecule has 1 amide bonds. The van der Waals surface area contributed by atoms with Crippen molar-refractivity contribution >= 4 is 41.7 Å². The lowest BCUT2D eigenvalue weighted by atomic mass is 9.44. The number of rotatable bonds is 10. The minimum atomic E-state index is -2.28. The summed E-state index contributed by atoms with van der Waals surface area (Å²) in [7, 11) is 0. The van der Waals surface area contributed by atoms with Crippen molar-refractivity contribution in [1.82, 2.24) is 5.32 Å². The minimum absolute atomic E-state index is 0.0106. The van der Waals surface area contributed by atoms with Gasteiger partial charge in [-0.15, -0.1) is 0 Å². The quantitative estimate of drug-likeness (QED) is 0.173. The van der Waals surface area contributed by atoms with E-state index in [2.05, 4.69) is 5.32 Å². The fraction of sp³-hybridized carbons (Fsp3) is 0.622. The fourth-order valence-electron chi connectivity index (χ4n) is 10.4. The molecule has 62 heavy (non-hydrogen) atoms. The fourth-order valence-corrected chi connectivity index (χ4v) is 10.4.